The highest BCUT2D eigenvalue weighted by molar-refractivity contribution is 7.92. The summed E-state index contributed by atoms with van der Waals surface area (Å²) in [4.78, 5) is 17.2. The Hall–Kier alpha value is -3.03. The number of hydrogen-bond acceptors (Lipinski definition) is 4. The molecule has 1 aliphatic heterocycles. The van der Waals surface area contributed by atoms with Gasteiger partial charge in [-0.1, -0.05) is 41.9 Å². The molecule has 0 unspecified atom stereocenters. The largest absolute Gasteiger partial charge is 0.368 e. The molecule has 1 amide bonds. The first-order valence-electron chi connectivity index (χ1n) is 10.7. The molecule has 0 bridgehead atoms. The van der Waals surface area contributed by atoms with Gasteiger partial charge >= 0.3 is 0 Å². The molecule has 0 aliphatic carbocycles. The molecule has 3 aromatic carbocycles. The number of nitrogens with zero attached hydrogens (tertiary/aromatic N) is 2. The quantitative estimate of drug-likeness (QED) is 0.570. The van der Waals surface area contributed by atoms with Crippen molar-refractivity contribution < 1.29 is 13.2 Å². The van der Waals surface area contributed by atoms with Crippen LogP contribution in [0.15, 0.2) is 71.6 Å². The van der Waals surface area contributed by atoms with E-state index in [4.69, 9.17) is 11.6 Å². The minimum absolute atomic E-state index is 0.0160. The van der Waals surface area contributed by atoms with Gasteiger partial charge in [0.2, 0.25) is 0 Å². The topological polar surface area (TPSA) is 69.7 Å². The highest BCUT2D eigenvalue weighted by Gasteiger charge is 2.25. The fraction of sp³-hybridized carbons (Fsp3) is 0.240. The van der Waals surface area contributed by atoms with Crippen molar-refractivity contribution in [2.24, 2.45) is 0 Å². The second-order valence-corrected chi connectivity index (χ2v) is 10.2. The Morgan fingerprint density at radius 2 is 1.61 bits per heavy atom. The molecule has 0 radical (unpaired) electrons. The Labute approximate surface area is 199 Å². The number of anilines is 2. The Morgan fingerprint density at radius 1 is 0.909 bits per heavy atom. The van der Waals surface area contributed by atoms with E-state index in [0.717, 1.165) is 13.1 Å². The Kier molecular flexibility index (Phi) is 6.63. The third-order valence-electron chi connectivity index (χ3n) is 5.99. The van der Waals surface area contributed by atoms with Crippen molar-refractivity contribution in [3.05, 3.63) is 88.4 Å². The number of carbonyl (C=O) groups is 1. The van der Waals surface area contributed by atoms with E-state index in [1.165, 1.54) is 28.9 Å². The summed E-state index contributed by atoms with van der Waals surface area (Å²) in [5, 5.41) is 0.301. The molecule has 0 aromatic heterocycles. The van der Waals surface area contributed by atoms with Crippen molar-refractivity contribution in [3.8, 4) is 0 Å². The molecular weight excluding hydrogens is 458 g/mol. The van der Waals surface area contributed by atoms with Crippen molar-refractivity contribution in [2.75, 3.05) is 35.8 Å². The molecule has 1 aliphatic rings. The summed E-state index contributed by atoms with van der Waals surface area (Å²) in [6, 6.07) is 19.0. The fourth-order valence-electron chi connectivity index (χ4n) is 3.96. The van der Waals surface area contributed by atoms with Gasteiger partial charge in [0.1, 0.15) is 0 Å². The van der Waals surface area contributed by atoms with E-state index in [9.17, 15) is 13.2 Å². The third kappa shape index (κ3) is 4.99. The van der Waals surface area contributed by atoms with E-state index < -0.39 is 10.0 Å². The molecule has 0 atom stereocenters. The van der Waals surface area contributed by atoms with Crippen LogP contribution >= 0.6 is 11.6 Å². The van der Waals surface area contributed by atoms with Crippen molar-refractivity contribution in [3.63, 3.8) is 0 Å². The van der Waals surface area contributed by atoms with Gasteiger partial charge in [-0.15, -0.1) is 0 Å². The average molecular weight is 484 g/mol. The van der Waals surface area contributed by atoms with E-state index in [-0.39, 0.29) is 10.8 Å². The lowest BCUT2D eigenvalue weighted by Gasteiger charge is -2.37. The lowest BCUT2D eigenvalue weighted by atomic mass is 10.1. The molecule has 3 aromatic rings. The number of halogens is 1. The number of benzene rings is 3. The van der Waals surface area contributed by atoms with Gasteiger partial charge in [-0.3, -0.25) is 9.52 Å². The SMILES string of the molecule is Cc1cccc(N2CCN(C(=O)c3cccc(S(=O)(=O)Nc4ccccc4Cl)c3)CC2)c1C. The second-order valence-electron chi connectivity index (χ2n) is 8.11. The first kappa shape index (κ1) is 23.1. The van der Waals surface area contributed by atoms with Crippen LogP contribution in [0.3, 0.4) is 0 Å². The number of piperazine rings is 1. The minimum atomic E-state index is -3.89. The van der Waals surface area contributed by atoms with E-state index in [2.05, 4.69) is 41.7 Å². The fourth-order valence-corrected chi connectivity index (χ4v) is 5.32. The summed E-state index contributed by atoms with van der Waals surface area (Å²) >= 11 is 6.08. The number of sulfonamides is 1. The molecule has 1 fully saturated rings. The molecule has 33 heavy (non-hydrogen) atoms. The van der Waals surface area contributed by atoms with Gasteiger partial charge in [-0.05, 0) is 61.4 Å². The van der Waals surface area contributed by atoms with Crippen molar-refractivity contribution >= 4 is 38.9 Å². The molecule has 1 heterocycles. The summed E-state index contributed by atoms with van der Waals surface area (Å²) in [6.07, 6.45) is 0. The number of amides is 1. The summed E-state index contributed by atoms with van der Waals surface area (Å²) < 4.78 is 28.2. The lowest BCUT2D eigenvalue weighted by molar-refractivity contribution is 0.0746. The monoisotopic (exact) mass is 483 g/mol. The maximum absolute atomic E-state index is 13.1. The molecule has 4 rings (SSSR count). The zero-order valence-corrected chi connectivity index (χ0v) is 20.2. The van der Waals surface area contributed by atoms with Gasteiger partial charge in [-0.25, -0.2) is 8.42 Å². The minimum Gasteiger partial charge on any atom is -0.368 e. The molecule has 8 heteroatoms. The van der Waals surface area contributed by atoms with E-state index in [1.54, 1.807) is 41.3 Å². The molecule has 0 spiro atoms. The van der Waals surface area contributed by atoms with Gasteiger partial charge in [0.15, 0.2) is 0 Å². The number of nitrogens with one attached hydrogen (secondary N) is 1. The van der Waals surface area contributed by atoms with E-state index in [0.29, 0.717) is 29.4 Å². The molecule has 172 valence electrons. The average Bonchev–Trinajstić information content (AvgIpc) is 2.82. The van der Waals surface area contributed by atoms with Crippen LogP contribution in [0, 0.1) is 13.8 Å². The lowest BCUT2D eigenvalue weighted by Crippen LogP contribution is -2.49. The number of carbonyl (C=O) groups excluding carboxylic acids is 1. The number of aryl methyl sites for hydroxylation is 1. The van der Waals surface area contributed by atoms with Crippen LogP contribution in [0.4, 0.5) is 11.4 Å². The highest BCUT2D eigenvalue weighted by Crippen LogP contribution is 2.26. The normalized spacial score (nSPS) is 14.3. The van der Waals surface area contributed by atoms with Crippen molar-refractivity contribution in [1.29, 1.82) is 0 Å². The summed E-state index contributed by atoms with van der Waals surface area (Å²) in [5.41, 5.74) is 4.33. The molecule has 1 N–H and O–H groups in total. The summed E-state index contributed by atoms with van der Waals surface area (Å²) in [7, 11) is -3.89. The van der Waals surface area contributed by atoms with E-state index >= 15 is 0 Å². The number of hydrogen-bond donors (Lipinski definition) is 1. The first-order chi connectivity index (χ1) is 15.8. The van der Waals surface area contributed by atoms with Crippen molar-refractivity contribution in [2.45, 2.75) is 18.7 Å². The van der Waals surface area contributed by atoms with Crippen LogP contribution in [-0.2, 0) is 10.0 Å². The Morgan fingerprint density at radius 3 is 2.33 bits per heavy atom. The summed E-state index contributed by atoms with van der Waals surface area (Å²) in [5.74, 6) is -0.176. The Bertz CT molecular complexity index is 1290. The zero-order chi connectivity index (χ0) is 23.6. The molecule has 0 saturated carbocycles. The van der Waals surface area contributed by atoms with Crippen LogP contribution in [0.25, 0.3) is 0 Å². The van der Waals surface area contributed by atoms with Gasteiger partial charge in [-0.2, -0.15) is 0 Å². The van der Waals surface area contributed by atoms with Crippen molar-refractivity contribution in [1.82, 2.24) is 4.90 Å². The maximum atomic E-state index is 13.1. The zero-order valence-electron chi connectivity index (χ0n) is 18.6. The van der Waals surface area contributed by atoms with E-state index in [1.807, 2.05) is 0 Å². The maximum Gasteiger partial charge on any atom is 0.261 e. The number of rotatable bonds is 5. The van der Waals surface area contributed by atoms with Crippen LogP contribution in [0.1, 0.15) is 21.5 Å². The van der Waals surface area contributed by atoms with Crippen LogP contribution < -0.4 is 9.62 Å². The first-order valence-corrected chi connectivity index (χ1v) is 12.6. The van der Waals surface area contributed by atoms with Gasteiger partial charge < -0.3 is 9.80 Å². The third-order valence-corrected chi connectivity index (χ3v) is 7.69. The second kappa shape index (κ2) is 9.45. The van der Waals surface area contributed by atoms with Gasteiger partial charge in [0.25, 0.3) is 15.9 Å². The standard InChI is InChI=1S/C25H26ClN3O3S/c1-18-7-5-12-24(19(18)2)28-13-15-29(16-14-28)25(30)20-8-6-9-21(17-20)33(31,32)27-23-11-4-3-10-22(23)26/h3-12,17,27H,13-16H2,1-2H3. The van der Waals surface area contributed by atoms with Crippen LogP contribution in [0.2, 0.25) is 5.02 Å². The number of para-hydroxylation sites is 1. The molecule has 6 nitrogen and oxygen atoms in total. The highest BCUT2D eigenvalue weighted by atomic mass is 35.5. The van der Waals surface area contributed by atoms with Crippen LogP contribution in [-0.4, -0.2) is 45.4 Å². The predicted octanol–water partition coefficient (Wildman–Crippen LogP) is 4.72. The van der Waals surface area contributed by atoms with Crippen LogP contribution in [0.5, 0.6) is 0 Å². The summed E-state index contributed by atoms with van der Waals surface area (Å²) in [6.45, 7) is 6.80. The molecular formula is C25H26ClN3O3S. The van der Waals surface area contributed by atoms with Gasteiger partial charge in [0.05, 0.1) is 15.6 Å². The smallest absolute Gasteiger partial charge is 0.261 e. The van der Waals surface area contributed by atoms with Gasteiger partial charge in [0, 0.05) is 37.4 Å². The predicted molar refractivity (Wildman–Crippen MR) is 133 cm³/mol. The Balaban J connectivity index is 1.47. The molecule has 1 saturated heterocycles.